The number of hydrogen-bond donors (Lipinski definition) is 0. The summed E-state index contributed by atoms with van der Waals surface area (Å²) in [6, 6.07) is 0. The Balaban J connectivity index is 4.15. The molecule has 5 heteroatoms. The van der Waals surface area contributed by atoms with Crippen molar-refractivity contribution in [3.63, 3.8) is 0 Å². The topological polar surface area (TPSA) is 69.7 Å². The molecule has 0 rings (SSSR count). The monoisotopic (exact) mass is 230 g/mol. The molecule has 0 N–H and O–H groups in total. The zero-order chi connectivity index (χ0) is 12.7. The molecule has 0 aromatic rings. The van der Waals surface area contributed by atoms with Crippen LogP contribution in [0.5, 0.6) is 0 Å². The van der Waals surface area contributed by atoms with Crippen molar-refractivity contribution < 1.29 is 23.9 Å². The third-order valence-corrected chi connectivity index (χ3v) is 2.36. The van der Waals surface area contributed by atoms with E-state index in [4.69, 9.17) is 0 Å². The Labute approximate surface area is 95.1 Å². The Morgan fingerprint density at radius 2 is 1.50 bits per heavy atom. The molecular formula is C11H18O5. The van der Waals surface area contributed by atoms with Crippen molar-refractivity contribution in [3.8, 4) is 0 Å². The van der Waals surface area contributed by atoms with E-state index >= 15 is 0 Å². The number of carbonyl (C=O) groups excluding carboxylic acids is 3. The van der Waals surface area contributed by atoms with Crippen molar-refractivity contribution in [2.24, 2.45) is 11.8 Å². The summed E-state index contributed by atoms with van der Waals surface area (Å²) in [5, 5.41) is 0. The van der Waals surface area contributed by atoms with Gasteiger partial charge in [0.25, 0.3) is 0 Å². The van der Waals surface area contributed by atoms with Gasteiger partial charge in [0, 0.05) is 12.3 Å². The fraction of sp³-hybridized carbons (Fsp3) is 0.727. The molecule has 92 valence electrons. The van der Waals surface area contributed by atoms with Gasteiger partial charge in [-0.2, -0.15) is 0 Å². The zero-order valence-corrected chi connectivity index (χ0v) is 10.1. The van der Waals surface area contributed by atoms with E-state index in [0.29, 0.717) is 0 Å². The van der Waals surface area contributed by atoms with Gasteiger partial charge in [0.15, 0.2) is 0 Å². The number of ketones is 1. The molecule has 0 saturated heterocycles. The predicted molar refractivity (Wildman–Crippen MR) is 56.6 cm³/mol. The van der Waals surface area contributed by atoms with Crippen LogP contribution in [0.3, 0.4) is 0 Å². The van der Waals surface area contributed by atoms with Gasteiger partial charge in [-0.05, 0) is 0 Å². The minimum atomic E-state index is -0.474. The fourth-order valence-corrected chi connectivity index (χ4v) is 1.23. The molecule has 0 aliphatic heterocycles. The highest BCUT2D eigenvalue weighted by Gasteiger charge is 2.23. The third kappa shape index (κ3) is 4.91. The highest BCUT2D eigenvalue weighted by Crippen LogP contribution is 2.13. The molecule has 0 aromatic carbocycles. The number of methoxy groups -OCH3 is 2. The van der Waals surface area contributed by atoms with Gasteiger partial charge in [0.05, 0.1) is 26.6 Å². The second-order valence-corrected chi connectivity index (χ2v) is 3.78. The summed E-state index contributed by atoms with van der Waals surface area (Å²) in [4.78, 5) is 33.6. The largest absolute Gasteiger partial charge is 0.469 e. The maximum absolute atomic E-state index is 11.6. The van der Waals surface area contributed by atoms with Crippen LogP contribution in [0, 0.1) is 11.8 Å². The Morgan fingerprint density at radius 1 is 0.938 bits per heavy atom. The lowest BCUT2D eigenvalue weighted by molar-refractivity contribution is -0.147. The molecule has 0 fully saturated rings. The summed E-state index contributed by atoms with van der Waals surface area (Å²) in [6.07, 6.45) is 0.133. The number of rotatable bonds is 6. The van der Waals surface area contributed by atoms with Crippen molar-refractivity contribution in [2.45, 2.75) is 26.7 Å². The Bertz CT molecular complexity index is 272. The quantitative estimate of drug-likeness (QED) is 0.635. The highest BCUT2D eigenvalue weighted by molar-refractivity contribution is 5.88. The summed E-state index contributed by atoms with van der Waals surface area (Å²) in [7, 11) is 2.55. The van der Waals surface area contributed by atoms with Crippen molar-refractivity contribution in [2.75, 3.05) is 14.2 Å². The first-order chi connectivity index (χ1) is 7.42. The molecule has 0 saturated carbocycles. The van der Waals surface area contributed by atoms with Gasteiger partial charge in [-0.1, -0.05) is 13.8 Å². The fourth-order valence-electron chi connectivity index (χ4n) is 1.23. The van der Waals surface area contributed by atoms with Crippen LogP contribution < -0.4 is 0 Å². The lowest BCUT2D eigenvalue weighted by Gasteiger charge is -2.12. The molecule has 0 aliphatic rings. The number of esters is 2. The first-order valence-corrected chi connectivity index (χ1v) is 5.09. The summed E-state index contributed by atoms with van der Waals surface area (Å²) in [5.74, 6) is -1.88. The van der Waals surface area contributed by atoms with Crippen LogP contribution in [-0.4, -0.2) is 31.9 Å². The summed E-state index contributed by atoms with van der Waals surface area (Å²) >= 11 is 0. The second kappa shape index (κ2) is 6.98. The van der Waals surface area contributed by atoms with E-state index in [1.807, 2.05) is 0 Å². The Morgan fingerprint density at radius 3 is 1.94 bits per heavy atom. The van der Waals surface area contributed by atoms with Crippen LogP contribution in [0.4, 0.5) is 0 Å². The van der Waals surface area contributed by atoms with Gasteiger partial charge >= 0.3 is 11.9 Å². The average Bonchev–Trinajstić information content (AvgIpc) is 2.27. The van der Waals surface area contributed by atoms with Gasteiger partial charge in [-0.15, -0.1) is 0 Å². The van der Waals surface area contributed by atoms with Gasteiger partial charge in [-0.25, -0.2) is 0 Å². The molecule has 0 aliphatic carbocycles. The highest BCUT2D eigenvalue weighted by atomic mass is 16.5. The molecule has 0 radical (unpaired) electrons. The minimum absolute atomic E-state index is 0.0449. The molecule has 0 heterocycles. The molecule has 16 heavy (non-hydrogen) atoms. The molecule has 0 bridgehead atoms. The maximum Gasteiger partial charge on any atom is 0.308 e. The van der Waals surface area contributed by atoms with Crippen LogP contribution >= 0.6 is 0 Å². The van der Waals surface area contributed by atoms with Gasteiger partial charge in [0.1, 0.15) is 5.78 Å². The molecule has 5 nitrogen and oxygen atoms in total. The Hall–Kier alpha value is -1.39. The maximum atomic E-state index is 11.6. The first kappa shape index (κ1) is 14.6. The van der Waals surface area contributed by atoms with E-state index in [1.54, 1.807) is 13.8 Å². The van der Waals surface area contributed by atoms with Crippen LogP contribution in [-0.2, 0) is 23.9 Å². The summed E-state index contributed by atoms with van der Waals surface area (Å²) in [5.41, 5.74) is 0. The number of Topliss-reactive ketones (excluding diaryl/α,β-unsaturated/α-hetero) is 1. The second-order valence-electron chi connectivity index (χ2n) is 3.78. The molecule has 0 amide bonds. The van der Waals surface area contributed by atoms with Crippen LogP contribution in [0.15, 0.2) is 0 Å². The lowest BCUT2D eigenvalue weighted by atomic mass is 9.94. The predicted octanol–water partition coefficient (Wildman–Crippen LogP) is 0.954. The molecular weight excluding hydrogens is 212 g/mol. The molecule has 2 atom stereocenters. The summed E-state index contributed by atoms with van der Waals surface area (Å²) < 4.78 is 8.97. The van der Waals surface area contributed by atoms with Crippen LogP contribution in [0.25, 0.3) is 0 Å². The summed E-state index contributed by atoms with van der Waals surface area (Å²) in [6.45, 7) is 3.26. The Kier molecular flexibility index (Phi) is 6.37. The molecule has 0 spiro atoms. The standard InChI is InChI=1S/C11H18O5/c1-7(6-10(13)15-3)9(12)5-8(2)11(14)16-4/h7-8H,5-6H2,1-4H3/t7-,8-/m1/s1. The smallest absolute Gasteiger partial charge is 0.308 e. The lowest BCUT2D eigenvalue weighted by Crippen LogP contribution is -2.22. The van der Waals surface area contributed by atoms with E-state index in [-0.39, 0.29) is 18.6 Å². The molecule has 0 aromatic heterocycles. The first-order valence-electron chi connectivity index (χ1n) is 5.09. The van der Waals surface area contributed by atoms with Crippen molar-refractivity contribution in [1.29, 1.82) is 0 Å². The third-order valence-electron chi connectivity index (χ3n) is 2.36. The van der Waals surface area contributed by atoms with E-state index < -0.39 is 23.8 Å². The average molecular weight is 230 g/mol. The van der Waals surface area contributed by atoms with Gasteiger partial charge in [-0.3, -0.25) is 14.4 Å². The van der Waals surface area contributed by atoms with Crippen molar-refractivity contribution in [3.05, 3.63) is 0 Å². The van der Waals surface area contributed by atoms with Crippen LogP contribution in [0.1, 0.15) is 26.7 Å². The molecule has 0 unspecified atom stereocenters. The number of carbonyl (C=O) groups is 3. The van der Waals surface area contributed by atoms with Crippen molar-refractivity contribution >= 4 is 17.7 Å². The van der Waals surface area contributed by atoms with E-state index in [0.717, 1.165) is 0 Å². The number of ether oxygens (including phenoxy) is 2. The van der Waals surface area contributed by atoms with Crippen molar-refractivity contribution in [1.82, 2.24) is 0 Å². The number of hydrogen-bond acceptors (Lipinski definition) is 5. The normalized spacial score (nSPS) is 13.8. The van der Waals surface area contributed by atoms with E-state index in [9.17, 15) is 14.4 Å². The van der Waals surface area contributed by atoms with Gasteiger partial charge < -0.3 is 9.47 Å². The van der Waals surface area contributed by atoms with E-state index in [2.05, 4.69) is 9.47 Å². The zero-order valence-electron chi connectivity index (χ0n) is 10.1. The minimum Gasteiger partial charge on any atom is -0.469 e. The van der Waals surface area contributed by atoms with Gasteiger partial charge in [0.2, 0.25) is 0 Å². The van der Waals surface area contributed by atoms with Crippen LogP contribution in [0.2, 0.25) is 0 Å². The SMILES string of the molecule is COC(=O)C[C@@H](C)C(=O)C[C@@H](C)C(=O)OC. The van der Waals surface area contributed by atoms with E-state index in [1.165, 1.54) is 14.2 Å².